The molecular formula is C13H22FN3O2S. The van der Waals surface area contributed by atoms with Gasteiger partial charge in [0.15, 0.2) is 0 Å². The molecule has 0 aliphatic rings. The standard InChI is InChI=1S/C13H22FN3O2S/c1-11(2)10-16-20(18,19)17(8-4-7-15)13-6-3-5-12(14)9-13/h3,5-6,9,11,16H,4,7-8,10,15H2,1-2H3. The number of nitrogens with one attached hydrogen (secondary N) is 1. The van der Waals surface area contributed by atoms with E-state index in [4.69, 9.17) is 5.73 Å². The van der Waals surface area contributed by atoms with Crippen molar-refractivity contribution in [2.75, 3.05) is 23.9 Å². The molecule has 7 heteroatoms. The number of hydrogen-bond acceptors (Lipinski definition) is 3. The van der Waals surface area contributed by atoms with E-state index in [2.05, 4.69) is 4.72 Å². The van der Waals surface area contributed by atoms with Gasteiger partial charge in [0.25, 0.3) is 0 Å². The van der Waals surface area contributed by atoms with Crippen LogP contribution in [0.25, 0.3) is 0 Å². The van der Waals surface area contributed by atoms with Crippen molar-refractivity contribution in [2.45, 2.75) is 20.3 Å². The zero-order chi connectivity index (χ0) is 15.2. The molecule has 0 radical (unpaired) electrons. The summed E-state index contributed by atoms with van der Waals surface area (Å²) in [6.45, 7) is 4.74. The highest BCUT2D eigenvalue weighted by Gasteiger charge is 2.22. The molecule has 20 heavy (non-hydrogen) atoms. The molecule has 0 amide bonds. The van der Waals surface area contributed by atoms with Crippen molar-refractivity contribution >= 4 is 15.9 Å². The molecule has 1 aromatic rings. The second kappa shape index (κ2) is 7.56. The van der Waals surface area contributed by atoms with Gasteiger partial charge in [-0.2, -0.15) is 13.1 Å². The lowest BCUT2D eigenvalue weighted by Gasteiger charge is -2.25. The van der Waals surface area contributed by atoms with Crippen LogP contribution < -0.4 is 14.8 Å². The van der Waals surface area contributed by atoms with Gasteiger partial charge in [-0.25, -0.2) is 4.39 Å². The molecule has 5 nitrogen and oxygen atoms in total. The van der Waals surface area contributed by atoms with Gasteiger partial charge in [0.05, 0.1) is 5.69 Å². The van der Waals surface area contributed by atoms with E-state index in [1.165, 1.54) is 18.2 Å². The second-order valence-corrected chi connectivity index (χ2v) is 6.62. The lowest BCUT2D eigenvalue weighted by atomic mass is 10.2. The Morgan fingerprint density at radius 3 is 2.65 bits per heavy atom. The van der Waals surface area contributed by atoms with Gasteiger partial charge in [-0.1, -0.05) is 19.9 Å². The molecule has 0 atom stereocenters. The first-order valence-corrected chi connectivity index (χ1v) is 8.04. The molecule has 114 valence electrons. The Hall–Kier alpha value is -1.18. The molecule has 1 rings (SSSR count). The molecule has 0 saturated carbocycles. The highest BCUT2D eigenvalue weighted by Crippen LogP contribution is 2.18. The lowest BCUT2D eigenvalue weighted by molar-refractivity contribution is 0.554. The summed E-state index contributed by atoms with van der Waals surface area (Å²) in [6, 6.07) is 5.52. The summed E-state index contributed by atoms with van der Waals surface area (Å²) < 4.78 is 41.6. The predicted molar refractivity (Wildman–Crippen MR) is 79.2 cm³/mol. The number of hydrogen-bond donors (Lipinski definition) is 2. The topological polar surface area (TPSA) is 75.4 Å². The van der Waals surface area contributed by atoms with Crippen molar-refractivity contribution in [2.24, 2.45) is 11.7 Å². The summed E-state index contributed by atoms with van der Waals surface area (Å²) >= 11 is 0. The number of benzene rings is 1. The van der Waals surface area contributed by atoms with Gasteiger partial charge in [-0.3, -0.25) is 4.31 Å². The number of nitrogens with zero attached hydrogens (tertiary/aromatic N) is 1. The molecule has 0 aliphatic heterocycles. The highest BCUT2D eigenvalue weighted by molar-refractivity contribution is 7.90. The first kappa shape index (κ1) is 16.9. The van der Waals surface area contributed by atoms with Crippen LogP contribution in [0, 0.1) is 11.7 Å². The molecule has 0 bridgehead atoms. The van der Waals surface area contributed by atoms with Gasteiger partial charge >= 0.3 is 10.2 Å². The van der Waals surface area contributed by atoms with E-state index in [-0.39, 0.29) is 12.5 Å². The van der Waals surface area contributed by atoms with E-state index in [9.17, 15) is 12.8 Å². The molecule has 0 aromatic heterocycles. The molecule has 0 unspecified atom stereocenters. The van der Waals surface area contributed by atoms with Crippen LogP contribution in [0.2, 0.25) is 0 Å². The average molecular weight is 303 g/mol. The minimum Gasteiger partial charge on any atom is -0.330 e. The SMILES string of the molecule is CC(C)CNS(=O)(=O)N(CCCN)c1cccc(F)c1. The monoisotopic (exact) mass is 303 g/mol. The summed E-state index contributed by atoms with van der Waals surface area (Å²) in [7, 11) is -3.70. The fourth-order valence-electron chi connectivity index (χ4n) is 1.60. The Balaban J connectivity index is 2.99. The molecule has 0 fully saturated rings. The maximum Gasteiger partial charge on any atom is 0.301 e. The van der Waals surface area contributed by atoms with Crippen molar-refractivity contribution in [1.29, 1.82) is 0 Å². The van der Waals surface area contributed by atoms with Crippen molar-refractivity contribution in [3.63, 3.8) is 0 Å². The maximum atomic E-state index is 13.3. The molecule has 3 N–H and O–H groups in total. The summed E-state index contributed by atoms with van der Waals surface area (Å²) in [5, 5.41) is 0. The molecule has 0 heterocycles. The smallest absolute Gasteiger partial charge is 0.301 e. The van der Waals surface area contributed by atoms with Crippen LogP contribution >= 0.6 is 0 Å². The van der Waals surface area contributed by atoms with Gasteiger partial charge in [0, 0.05) is 13.1 Å². The molecule has 0 spiro atoms. The van der Waals surface area contributed by atoms with Gasteiger partial charge in [-0.05, 0) is 37.1 Å². The van der Waals surface area contributed by atoms with E-state index < -0.39 is 16.0 Å². The lowest BCUT2D eigenvalue weighted by Crippen LogP contribution is -2.43. The van der Waals surface area contributed by atoms with E-state index in [1.807, 2.05) is 13.8 Å². The summed E-state index contributed by atoms with van der Waals surface area (Å²) in [4.78, 5) is 0. The Morgan fingerprint density at radius 2 is 2.10 bits per heavy atom. The normalized spacial score (nSPS) is 11.8. The molecule has 1 aromatic carbocycles. The van der Waals surface area contributed by atoms with Crippen molar-refractivity contribution < 1.29 is 12.8 Å². The maximum absolute atomic E-state index is 13.3. The van der Waals surface area contributed by atoms with Crippen molar-refractivity contribution in [3.8, 4) is 0 Å². The van der Waals surface area contributed by atoms with Crippen LogP contribution in [0.3, 0.4) is 0 Å². The summed E-state index contributed by atoms with van der Waals surface area (Å²) in [5.74, 6) is -0.284. The zero-order valence-corrected chi connectivity index (χ0v) is 12.7. The predicted octanol–water partition coefficient (Wildman–Crippen LogP) is 1.47. The highest BCUT2D eigenvalue weighted by atomic mass is 32.2. The van der Waals surface area contributed by atoms with Gasteiger partial charge in [0.1, 0.15) is 5.82 Å². The Bertz CT molecular complexity index is 520. The van der Waals surface area contributed by atoms with E-state index in [0.717, 1.165) is 4.31 Å². The van der Waals surface area contributed by atoms with Crippen molar-refractivity contribution in [3.05, 3.63) is 30.1 Å². The third-order valence-electron chi connectivity index (χ3n) is 2.63. The van der Waals surface area contributed by atoms with E-state index >= 15 is 0 Å². The van der Waals surface area contributed by atoms with Crippen LogP contribution in [0.1, 0.15) is 20.3 Å². The van der Waals surface area contributed by atoms with Crippen LogP contribution in [0.4, 0.5) is 10.1 Å². The average Bonchev–Trinajstić information content (AvgIpc) is 2.37. The summed E-state index contributed by atoms with van der Waals surface area (Å²) in [5.41, 5.74) is 5.73. The Kier molecular flexibility index (Phi) is 6.38. The number of rotatable bonds is 8. The summed E-state index contributed by atoms with van der Waals surface area (Å²) in [6.07, 6.45) is 0.499. The largest absolute Gasteiger partial charge is 0.330 e. The molecular weight excluding hydrogens is 281 g/mol. The van der Waals surface area contributed by atoms with Gasteiger partial charge < -0.3 is 5.73 Å². The third kappa shape index (κ3) is 5.07. The quantitative estimate of drug-likeness (QED) is 0.763. The van der Waals surface area contributed by atoms with Crippen LogP contribution in [0.5, 0.6) is 0 Å². The minimum absolute atomic E-state index is 0.189. The van der Waals surface area contributed by atoms with Crippen molar-refractivity contribution in [1.82, 2.24) is 4.72 Å². The van der Waals surface area contributed by atoms with Crippen LogP contribution in [-0.2, 0) is 10.2 Å². The Morgan fingerprint density at radius 1 is 1.40 bits per heavy atom. The van der Waals surface area contributed by atoms with Crippen LogP contribution in [0.15, 0.2) is 24.3 Å². The van der Waals surface area contributed by atoms with Gasteiger partial charge in [0.2, 0.25) is 0 Å². The number of anilines is 1. The first-order chi connectivity index (χ1) is 9.36. The van der Waals surface area contributed by atoms with E-state index in [1.54, 1.807) is 6.07 Å². The zero-order valence-electron chi connectivity index (χ0n) is 11.8. The fraction of sp³-hybridized carbons (Fsp3) is 0.538. The molecule has 0 aliphatic carbocycles. The second-order valence-electron chi connectivity index (χ2n) is 4.94. The van der Waals surface area contributed by atoms with Crippen LogP contribution in [-0.4, -0.2) is 28.1 Å². The Labute approximate surface area is 120 Å². The third-order valence-corrected chi connectivity index (χ3v) is 4.13. The number of halogens is 1. The fourth-order valence-corrected chi connectivity index (χ4v) is 3.06. The minimum atomic E-state index is -3.70. The number of nitrogens with two attached hydrogens (primary N) is 1. The van der Waals surface area contributed by atoms with Gasteiger partial charge in [-0.15, -0.1) is 0 Å². The first-order valence-electron chi connectivity index (χ1n) is 6.59. The molecule has 0 saturated heterocycles. The van der Waals surface area contributed by atoms with E-state index in [0.29, 0.717) is 25.2 Å².